The number of aromatic nitrogens is 1. The van der Waals surface area contributed by atoms with Crippen molar-refractivity contribution < 1.29 is 0 Å². The van der Waals surface area contributed by atoms with Gasteiger partial charge in [-0.1, -0.05) is 66.7 Å². The van der Waals surface area contributed by atoms with E-state index in [4.69, 9.17) is 0 Å². The fourth-order valence-electron chi connectivity index (χ4n) is 3.24. The van der Waals surface area contributed by atoms with Gasteiger partial charge in [0, 0.05) is 34.9 Å². The summed E-state index contributed by atoms with van der Waals surface area (Å²) in [5.74, 6) is 0. The molecule has 2 nitrogen and oxygen atoms in total. The Labute approximate surface area is 148 Å². The first-order valence-corrected chi connectivity index (χ1v) is 8.54. The Balaban J connectivity index is 1.80. The van der Waals surface area contributed by atoms with Crippen LogP contribution >= 0.6 is 0 Å². The van der Waals surface area contributed by atoms with E-state index in [1.165, 1.54) is 27.7 Å². The molecule has 0 aliphatic rings. The van der Waals surface area contributed by atoms with Crippen LogP contribution in [-0.4, -0.2) is 10.8 Å². The lowest BCUT2D eigenvalue weighted by Crippen LogP contribution is -2.02. The third-order valence-electron chi connectivity index (χ3n) is 4.56. The van der Waals surface area contributed by atoms with Crippen LogP contribution in [0.1, 0.15) is 16.8 Å². The summed E-state index contributed by atoms with van der Waals surface area (Å²) < 4.78 is 2.37. The van der Waals surface area contributed by atoms with Crippen molar-refractivity contribution in [3.63, 3.8) is 0 Å². The van der Waals surface area contributed by atoms with Crippen LogP contribution in [0, 0.1) is 6.92 Å². The summed E-state index contributed by atoms with van der Waals surface area (Å²) >= 11 is 0. The first kappa shape index (κ1) is 15.4. The largest absolute Gasteiger partial charge is 0.340 e. The molecule has 0 radical (unpaired) electrons. The first-order valence-electron chi connectivity index (χ1n) is 8.54. The predicted molar refractivity (Wildman–Crippen MR) is 106 cm³/mol. The van der Waals surface area contributed by atoms with E-state index in [1.807, 2.05) is 36.5 Å². The minimum Gasteiger partial charge on any atom is -0.340 e. The second-order valence-electron chi connectivity index (χ2n) is 6.18. The van der Waals surface area contributed by atoms with Crippen molar-refractivity contribution in [3.8, 4) is 0 Å². The van der Waals surface area contributed by atoms with Crippen LogP contribution in [0.5, 0.6) is 0 Å². The molecular formula is C23H20N2. The van der Waals surface area contributed by atoms with Gasteiger partial charge in [0.25, 0.3) is 0 Å². The van der Waals surface area contributed by atoms with Gasteiger partial charge >= 0.3 is 0 Å². The van der Waals surface area contributed by atoms with Gasteiger partial charge < -0.3 is 4.57 Å². The molecule has 0 saturated carbocycles. The number of benzene rings is 3. The zero-order valence-corrected chi connectivity index (χ0v) is 14.3. The summed E-state index contributed by atoms with van der Waals surface area (Å²) in [6.07, 6.45) is 1.99. The van der Waals surface area contributed by atoms with Gasteiger partial charge in [0.2, 0.25) is 0 Å². The number of nitrogens with zero attached hydrogens (tertiary/aromatic N) is 2. The molecule has 0 amide bonds. The molecule has 4 rings (SSSR count). The Morgan fingerprint density at radius 1 is 0.800 bits per heavy atom. The van der Waals surface area contributed by atoms with E-state index in [1.54, 1.807) is 0 Å². The Morgan fingerprint density at radius 3 is 2.20 bits per heavy atom. The molecule has 25 heavy (non-hydrogen) atoms. The predicted octanol–water partition coefficient (Wildman–Crippen LogP) is 5.75. The Kier molecular flexibility index (Phi) is 4.17. The summed E-state index contributed by atoms with van der Waals surface area (Å²) in [4.78, 5) is 4.67. The summed E-state index contributed by atoms with van der Waals surface area (Å²) in [7, 11) is 0. The van der Waals surface area contributed by atoms with Gasteiger partial charge in [-0.05, 0) is 30.7 Å². The molecule has 0 N–H and O–H groups in total. The third kappa shape index (κ3) is 3.11. The normalized spacial score (nSPS) is 11.4. The van der Waals surface area contributed by atoms with Gasteiger partial charge in [0.15, 0.2) is 0 Å². The molecule has 3 aromatic carbocycles. The van der Waals surface area contributed by atoms with Crippen molar-refractivity contribution in [1.29, 1.82) is 0 Å². The third-order valence-corrected chi connectivity index (χ3v) is 4.56. The van der Waals surface area contributed by atoms with E-state index < -0.39 is 0 Å². The van der Waals surface area contributed by atoms with Gasteiger partial charge in [-0.2, -0.15) is 0 Å². The minimum absolute atomic E-state index is 0.867. The van der Waals surface area contributed by atoms with E-state index in [2.05, 4.69) is 71.1 Å². The highest BCUT2D eigenvalue weighted by Gasteiger charge is 2.12. The van der Waals surface area contributed by atoms with Crippen molar-refractivity contribution in [3.05, 3.63) is 102 Å². The van der Waals surface area contributed by atoms with Gasteiger partial charge in [0.1, 0.15) is 0 Å². The topological polar surface area (TPSA) is 17.3 Å². The van der Waals surface area contributed by atoms with E-state index >= 15 is 0 Å². The number of rotatable bonds is 4. The minimum atomic E-state index is 0.867. The second-order valence-corrected chi connectivity index (χ2v) is 6.18. The Hall–Kier alpha value is -3.13. The van der Waals surface area contributed by atoms with Crippen LogP contribution in [0.25, 0.3) is 10.9 Å². The van der Waals surface area contributed by atoms with Gasteiger partial charge in [-0.3, -0.25) is 4.99 Å². The van der Waals surface area contributed by atoms with Crippen LogP contribution in [0.2, 0.25) is 0 Å². The van der Waals surface area contributed by atoms with E-state index in [-0.39, 0.29) is 0 Å². The van der Waals surface area contributed by atoms with Gasteiger partial charge in [-0.15, -0.1) is 0 Å². The molecule has 0 fully saturated rings. The van der Waals surface area contributed by atoms with Crippen LogP contribution < -0.4 is 0 Å². The maximum absolute atomic E-state index is 4.67. The average molecular weight is 324 g/mol. The molecule has 0 unspecified atom stereocenters. The highest BCUT2D eigenvalue weighted by atomic mass is 15.0. The number of para-hydroxylation sites is 2. The van der Waals surface area contributed by atoms with Crippen molar-refractivity contribution in [2.75, 3.05) is 0 Å². The number of hydrogen-bond acceptors (Lipinski definition) is 1. The summed E-state index contributed by atoms with van der Waals surface area (Å²) in [5.41, 5.74) is 5.96. The van der Waals surface area contributed by atoms with Crippen LogP contribution in [0.3, 0.4) is 0 Å². The number of aliphatic imine (C=N–C) groups is 1. The van der Waals surface area contributed by atoms with Crippen molar-refractivity contribution in [2.45, 2.75) is 13.5 Å². The van der Waals surface area contributed by atoms with E-state index in [9.17, 15) is 0 Å². The molecule has 4 aromatic rings. The molecule has 0 aliphatic heterocycles. The van der Waals surface area contributed by atoms with Gasteiger partial charge in [-0.25, -0.2) is 0 Å². The van der Waals surface area contributed by atoms with Crippen molar-refractivity contribution in [1.82, 2.24) is 4.57 Å². The van der Waals surface area contributed by atoms with Crippen molar-refractivity contribution >= 4 is 22.8 Å². The zero-order valence-electron chi connectivity index (χ0n) is 14.3. The number of fused-ring (bicyclic) bond motifs is 1. The maximum Gasteiger partial charge on any atom is 0.0629 e. The molecule has 0 spiro atoms. The highest BCUT2D eigenvalue weighted by Crippen LogP contribution is 2.26. The molecule has 0 aliphatic carbocycles. The highest BCUT2D eigenvalue weighted by molar-refractivity contribution is 6.01. The molecule has 1 aromatic heterocycles. The summed E-state index contributed by atoms with van der Waals surface area (Å²) in [6, 6.07) is 29.2. The molecule has 0 atom stereocenters. The Bertz CT molecular complexity index is 1010. The standard InChI is InChI=1S/C23H20N2/c1-18-22(16-24-20-12-6-3-7-13-20)21-14-8-9-15-23(21)25(18)17-19-10-4-2-5-11-19/h2-16H,17H2,1H3. The smallest absolute Gasteiger partial charge is 0.0629 e. The SMILES string of the molecule is Cc1c(C=Nc2ccccc2)c2ccccc2n1Cc1ccccc1. The number of hydrogen-bond donors (Lipinski definition) is 0. The van der Waals surface area contributed by atoms with E-state index in [0.717, 1.165) is 12.2 Å². The molecule has 2 heteroatoms. The van der Waals surface area contributed by atoms with Crippen LogP contribution in [0.4, 0.5) is 5.69 Å². The maximum atomic E-state index is 4.67. The fourth-order valence-corrected chi connectivity index (χ4v) is 3.24. The molecule has 122 valence electrons. The molecular weight excluding hydrogens is 304 g/mol. The zero-order chi connectivity index (χ0) is 17.1. The Morgan fingerprint density at radius 2 is 1.44 bits per heavy atom. The molecule has 0 saturated heterocycles. The average Bonchev–Trinajstić information content (AvgIpc) is 2.93. The summed E-state index contributed by atoms with van der Waals surface area (Å²) in [5, 5.41) is 1.25. The molecule has 0 bridgehead atoms. The lowest BCUT2D eigenvalue weighted by atomic mass is 10.1. The second kappa shape index (κ2) is 6.78. The van der Waals surface area contributed by atoms with Crippen molar-refractivity contribution in [2.24, 2.45) is 4.99 Å². The van der Waals surface area contributed by atoms with Crippen LogP contribution in [0.15, 0.2) is 89.9 Å². The first-order chi connectivity index (χ1) is 12.3. The van der Waals surface area contributed by atoms with Gasteiger partial charge in [0.05, 0.1) is 5.69 Å². The lowest BCUT2D eigenvalue weighted by Gasteiger charge is -2.08. The lowest BCUT2D eigenvalue weighted by molar-refractivity contribution is 0.804. The quantitative estimate of drug-likeness (QED) is 0.425. The van der Waals surface area contributed by atoms with E-state index in [0.29, 0.717) is 0 Å². The fraction of sp³-hybridized carbons (Fsp3) is 0.0870. The monoisotopic (exact) mass is 324 g/mol. The molecule has 1 heterocycles. The van der Waals surface area contributed by atoms with Crippen LogP contribution in [-0.2, 0) is 6.54 Å². The summed E-state index contributed by atoms with van der Waals surface area (Å²) in [6.45, 7) is 3.04.